The van der Waals surface area contributed by atoms with Crippen LogP contribution in [0.15, 0.2) is 24.5 Å². The molecule has 2 rings (SSSR count). The Kier molecular flexibility index (Phi) is 3.46. The number of nitrogen functional groups attached to an aromatic ring is 1. The second-order valence-corrected chi connectivity index (χ2v) is 4.06. The first kappa shape index (κ1) is 13.0. The van der Waals surface area contributed by atoms with Gasteiger partial charge in [0.2, 0.25) is 0 Å². The van der Waals surface area contributed by atoms with Gasteiger partial charge in [-0.25, -0.2) is 8.78 Å². The van der Waals surface area contributed by atoms with Crippen molar-refractivity contribution in [2.75, 3.05) is 5.73 Å². The minimum atomic E-state index is -1.11. The zero-order valence-electron chi connectivity index (χ0n) is 10.2. The SMILES string of the molecule is Cn1cc(CNC(=O)c2cc(F)c(F)cc2N)cn1. The lowest BCUT2D eigenvalue weighted by molar-refractivity contribution is 0.0951. The van der Waals surface area contributed by atoms with Gasteiger partial charge in [0.1, 0.15) is 0 Å². The van der Waals surface area contributed by atoms with Gasteiger partial charge in [-0.2, -0.15) is 5.10 Å². The summed E-state index contributed by atoms with van der Waals surface area (Å²) in [7, 11) is 1.75. The number of nitrogens with zero attached hydrogens (tertiary/aromatic N) is 2. The van der Waals surface area contributed by atoms with E-state index >= 15 is 0 Å². The summed E-state index contributed by atoms with van der Waals surface area (Å²) in [5.41, 5.74) is 6.07. The number of nitrogens with one attached hydrogen (secondary N) is 1. The van der Waals surface area contributed by atoms with Gasteiger partial charge in [-0.1, -0.05) is 0 Å². The molecule has 0 radical (unpaired) electrons. The van der Waals surface area contributed by atoms with Crippen LogP contribution < -0.4 is 11.1 Å². The third-order valence-electron chi connectivity index (χ3n) is 2.55. The average Bonchev–Trinajstić information content (AvgIpc) is 2.77. The molecule has 0 saturated heterocycles. The van der Waals surface area contributed by atoms with Crippen molar-refractivity contribution in [1.82, 2.24) is 15.1 Å². The van der Waals surface area contributed by atoms with E-state index in [4.69, 9.17) is 5.73 Å². The molecule has 19 heavy (non-hydrogen) atoms. The smallest absolute Gasteiger partial charge is 0.253 e. The van der Waals surface area contributed by atoms with E-state index in [0.29, 0.717) is 0 Å². The molecule has 0 bridgehead atoms. The molecule has 0 aliphatic heterocycles. The number of carbonyl (C=O) groups excluding carboxylic acids is 1. The molecule has 3 N–H and O–H groups in total. The van der Waals surface area contributed by atoms with Gasteiger partial charge in [-0.15, -0.1) is 0 Å². The third-order valence-corrected chi connectivity index (χ3v) is 2.55. The number of benzene rings is 1. The average molecular weight is 266 g/mol. The van der Waals surface area contributed by atoms with E-state index in [1.807, 2.05) is 0 Å². The van der Waals surface area contributed by atoms with E-state index in [1.165, 1.54) is 0 Å². The Labute approximate surface area is 108 Å². The number of hydrogen-bond donors (Lipinski definition) is 2. The molecule has 0 saturated carbocycles. The van der Waals surface area contributed by atoms with Crippen LogP contribution in [0.3, 0.4) is 0 Å². The molecule has 0 atom stereocenters. The largest absolute Gasteiger partial charge is 0.398 e. The summed E-state index contributed by atoms with van der Waals surface area (Å²) in [6.45, 7) is 0.227. The lowest BCUT2D eigenvalue weighted by atomic mass is 10.1. The second kappa shape index (κ2) is 5.05. The number of aromatic nitrogens is 2. The fourth-order valence-electron chi connectivity index (χ4n) is 1.60. The number of hydrogen-bond acceptors (Lipinski definition) is 3. The summed E-state index contributed by atoms with van der Waals surface area (Å²) in [5, 5.41) is 6.50. The molecule has 7 heteroatoms. The van der Waals surface area contributed by atoms with E-state index in [1.54, 1.807) is 24.1 Å². The molecule has 0 aliphatic rings. The van der Waals surface area contributed by atoms with Crippen LogP contribution in [0.1, 0.15) is 15.9 Å². The molecule has 100 valence electrons. The molecule has 0 aliphatic carbocycles. The summed E-state index contributed by atoms with van der Waals surface area (Å²) < 4.78 is 27.5. The highest BCUT2D eigenvalue weighted by molar-refractivity contribution is 5.99. The van der Waals surface area contributed by atoms with Crippen LogP contribution in [0.25, 0.3) is 0 Å². The van der Waals surface area contributed by atoms with Crippen LogP contribution in [0.2, 0.25) is 0 Å². The van der Waals surface area contributed by atoms with Gasteiger partial charge in [0.05, 0.1) is 11.8 Å². The molecule has 0 fully saturated rings. The van der Waals surface area contributed by atoms with Gasteiger partial charge < -0.3 is 11.1 Å². The molecule has 5 nitrogen and oxygen atoms in total. The van der Waals surface area contributed by atoms with Crippen LogP contribution in [0, 0.1) is 11.6 Å². The van der Waals surface area contributed by atoms with E-state index < -0.39 is 17.5 Å². The van der Waals surface area contributed by atoms with Gasteiger partial charge in [-0.05, 0) is 6.07 Å². The second-order valence-electron chi connectivity index (χ2n) is 4.06. The maximum Gasteiger partial charge on any atom is 0.253 e. The van der Waals surface area contributed by atoms with Gasteiger partial charge in [0, 0.05) is 37.1 Å². The lowest BCUT2D eigenvalue weighted by Crippen LogP contribution is -2.24. The van der Waals surface area contributed by atoms with Gasteiger partial charge in [0.25, 0.3) is 5.91 Å². The number of nitrogens with two attached hydrogens (primary N) is 1. The lowest BCUT2D eigenvalue weighted by Gasteiger charge is -2.07. The Balaban J connectivity index is 2.10. The standard InChI is InChI=1S/C12H12F2N4O/c1-18-6-7(5-17-18)4-16-12(19)8-2-9(13)10(14)3-11(8)15/h2-3,5-6H,4,15H2,1H3,(H,16,19). The summed E-state index contributed by atoms with van der Waals surface area (Å²) in [5.74, 6) is -2.76. The van der Waals surface area contributed by atoms with E-state index in [9.17, 15) is 13.6 Å². The molecule has 0 spiro atoms. The van der Waals surface area contributed by atoms with E-state index in [2.05, 4.69) is 10.4 Å². The summed E-state index contributed by atoms with van der Waals surface area (Å²) in [6, 6.07) is 1.57. The minimum Gasteiger partial charge on any atom is -0.398 e. The molecule has 1 aromatic carbocycles. The number of amides is 1. The van der Waals surface area contributed by atoms with Crippen LogP contribution >= 0.6 is 0 Å². The van der Waals surface area contributed by atoms with Gasteiger partial charge in [-0.3, -0.25) is 9.48 Å². The highest BCUT2D eigenvalue weighted by Crippen LogP contribution is 2.17. The molecule has 1 aromatic heterocycles. The maximum atomic E-state index is 13.1. The molecule has 1 heterocycles. The normalized spacial score (nSPS) is 10.5. The Hall–Kier alpha value is -2.44. The quantitative estimate of drug-likeness (QED) is 0.820. The van der Waals surface area contributed by atoms with Crippen molar-refractivity contribution in [3.8, 4) is 0 Å². The van der Waals surface area contributed by atoms with Gasteiger partial charge in [0.15, 0.2) is 11.6 Å². The highest BCUT2D eigenvalue weighted by Gasteiger charge is 2.14. The van der Waals surface area contributed by atoms with Crippen LogP contribution in [0.4, 0.5) is 14.5 Å². The summed E-state index contributed by atoms with van der Waals surface area (Å²) >= 11 is 0. The topological polar surface area (TPSA) is 72.9 Å². The summed E-state index contributed by atoms with van der Waals surface area (Å²) in [4.78, 5) is 11.8. The fraction of sp³-hybridized carbons (Fsp3) is 0.167. The maximum absolute atomic E-state index is 13.1. The van der Waals surface area contributed by atoms with Gasteiger partial charge >= 0.3 is 0 Å². The Morgan fingerprint density at radius 3 is 2.74 bits per heavy atom. The van der Waals surface area contributed by atoms with Crippen molar-refractivity contribution in [1.29, 1.82) is 0 Å². The minimum absolute atomic E-state index is 0.0946. The van der Waals surface area contributed by atoms with Crippen molar-refractivity contribution >= 4 is 11.6 Å². The zero-order valence-corrected chi connectivity index (χ0v) is 10.2. The van der Waals surface area contributed by atoms with E-state index in [-0.39, 0.29) is 17.8 Å². The first-order chi connectivity index (χ1) is 8.97. The number of rotatable bonds is 3. The first-order valence-electron chi connectivity index (χ1n) is 5.47. The van der Waals surface area contributed by atoms with Crippen LogP contribution in [-0.4, -0.2) is 15.7 Å². The molecule has 0 unspecified atom stereocenters. The van der Waals surface area contributed by atoms with E-state index in [0.717, 1.165) is 17.7 Å². The monoisotopic (exact) mass is 266 g/mol. The molecule has 1 amide bonds. The Bertz CT molecular complexity index is 624. The Morgan fingerprint density at radius 2 is 2.11 bits per heavy atom. The van der Waals surface area contributed by atoms with Crippen LogP contribution in [0.5, 0.6) is 0 Å². The fourth-order valence-corrected chi connectivity index (χ4v) is 1.60. The van der Waals surface area contributed by atoms with Crippen molar-refractivity contribution < 1.29 is 13.6 Å². The molecule has 2 aromatic rings. The molecular weight excluding hydrogens is 254 g/mol. The molecular formula is C12H12F2N4O. The van der Waals surface area contributed by atoms with Crippen molar-refractivity contribution in [3.63, 3.8) is 0 Å². The highest BCUT2D eigenvalue weighted by atomic mass is 19.2. The van der Waals surface area contributed by atoms with Crippen molar-refractivity contribution in [2.45, 2.75) is 6.54 Å². The third kappa shape index (κ3) is 2.87. The zero-order chi connectivity index (χ0) is 14.0. The summed E-state index contributed by atoms with van der Waals surface area (Å²) in [6.07, 6.45) is 3.32. The first-order valence-corrected chi connectivity index (χ1v) is 5.47. The van der Waals surface area contributed by atoms with Crippen LogP contribution in [-0.2, 0) is 13.6 Å². The predicted octanol–water partition coefficient (Wildman–Crippen LogP) is 1.21. The Morgan fingerprint density at radius 1 is 1.42 bits per heavy atom. The number of aryl methyl sites for hydroxylation is 1. The number of halogens is 2. The predicted molar refractivity (Wildman–Crippen MR) is 65.1 cm³/mol. The number of carbonyl (C=O) groups is 1. The number of anilines is 1. The van der Waals surface area contributed by atoms with Crippen molar-refractivity contribution in [2.24, 2.45) is 7.05 Å². The van der Waals surface area contributed by atoms with Crippen molar-refractivity contribution in [3.05, 3.63) is 47.3 Å².